The van der Waals surface area contributed by atoms with Gasteiger partial charge in [-0.15, -0.1) is 0 Å². The summed E-state index contributed by atoms with van der Waals surface area (Å²) < 4.78 is 3.65. The highest BCUT2D eigenvalue weighted by Crippen LogP contribution is 2.29. The van der Waals surface area contributed by atoms with Gasteiger partial charge in [-0.05, 0) is 56.3 Å². The Balaban J connectivity index is 1.33. The number of aryl methyl sites for hydroxylation is 2. The van der Waals surface area contributed by atoms with Crippen molar-refractivity contribution in [3.63, 3.8) is 0 Å². The molecule has 2 aromatic heterocycles. The molecule has 37 heavy (non-hydrogen) atoms. The van der Waals surface area contributed by atoms with E-state index in [9.17, 15) is 9.59 Å². The molecule has 1 saturated heterocycles. The van der Waals surface area contributed by atoms with Crippen LogP contribution in [0.25, 0.3) is 21.8 Å². The molecule has 4 aromatic rings. The highest BCUT2D eigenvalue weighted by molar-refractivity contribution is 6.17. The van der Waals surface area contributed by atoms with Crippen LogP contribution in [0.3, 0.4) is 0 Å². The summed E-state index contributed by atoms with van der Waals surface area (Å²) in [4.78, 5) is 29.5. The number of pyridine rings is 1. The number of hydrogen-bond donors (Lipinski definition) is 1. The van der Waals surface area contributed by atoms with E-state index in [1.165, 1.54) is 11.1 Å². The van der Waals surface area contributed by atoms with Crippen molar-refractivity contribution in [2.24, 2.45) is 18.9 Å². The maximum Gasteiger partial charge on any atom is 0.275 e. The van der Waals surface area contributed by atoms with Gasteiger partial charge in [-0.3, -0.25) is 14.5 Å². The van der Waals surface area contributed by atoms with E-state index in [1.54, 1.807) is 10.8 Å². The fraction of sp³-hybridized carbons (Fsp3) is 0.419. The largest absolute Gasteiger partial charge is 0.352 e. The molecule has 0 radical (unpaired) electrons. The zero-order chi connectivity index (χ0) is 26.1. The van der Waals surface area contributed by atoms with Crippen LogP contribution in [0, 0.1) is 18.8 Å². The van der Waals surface area contributed by atoms with Gasteiger partial charge in [0.05, 0.1) is 5.56 Å². The average Bonchev–Trinajstić information content (AvgIpc) is 3.18. The van der Waals surface area contributed by atoms with Gasteiger partial charge in [0.15, 0.2) is 0 Å². The first-order chi connectivity index (χ1) is 17.8. The average molecular weight is 499 g/mol. The van der Waals surface area contributed by atoms with Crippen molar-refractivity contribution < 1.29 is 4.79 Å². The Morgan fingerprint density at radius 2 is 1.84 bits per heavy atom. The molecule has 2 aromatic carbocycles. The molecule has 6 nitrogen and oxygen atoms in total. The molecule has 5 rings (SSSR count). The lowest BCUT2D eigenvalue weighted by Gasteiger charge is -2.32. The summed E-state index contributed by atoms with van der Waals surface area (Å²) in [6.07, 6.45) is 3.92. The first-order valence-corrected chi connectivity index (χ1v) is 13.5. The molecular weight excluding hydrogens is 460 g/mol. The van der Waals surface area contributed by atoms with Crippen molar-refractivity contribution in [3.05, 3.63) is 81.8 Å². The highest BCUT2D eigenvalue weighted by Gasteiger charge is 2.24. The van der Waals surface area contributed by atoms with Crippen LogP contribution in [0.15, 0.2) is 59.5 Å². The Kier molecular flexibility index (Phi) is 7.20. The van der Waals surface area contributed by atoms with E-state index in [4.69, 9.17) is 0 Å². The third-order valence-corrected chi connectivity index (χ3v) is 7.68. The van der Waals surface area contributed by atoms with Gasteiger partial charge in [0.1, 0.15) is 5.52 Å². The Labute approximate surface area is 218 Å². The van der Waals surface area contributed by atoms with Crippen molar-refractivity contribution in [3.8, 4) is 0 Å². The summed E-state index contributed by atoms with van der Waals surface area (Å²) in [5.41, 5.74) is 4.77. The third kappa shape index (κ3) is 5.21. The van der Waals surface area contributed by atoms with Crippen LogP contribution in [0.5, 0.6) is 0 Å². The fourth-order valence-corrected chi connectivity index (χ4v) is 5.78. The Morgan fingerprint density at radius 3 is 2.57 bits per heavy atom. The van der Waals surface area contributed by atoms with Gasteiger partial charge < -0.3 is 14.5 Å². The smallest absolute Gasteiger partial charge is 0.275 e. The van der Waals surface area contributed by atoms with Crippen LogP contribution in [0.4, 0.5) is 0 Å². The Bertz CT molecular complexity index is 1490. The molecule has 6 heteroatoms. The lowest BCUT2D eigenvalue weighted by molar-refractivity contribution is 0.0936. The van der Waals surface area contributed by atoms with Crippen molar-refractivity contribution >= 4 is 27.7 Å². The van der Waals surface area contributed by atoms with E-state index in [0.717, 1.165) is 48.8 Å². The number of hydrogen-bond acceptors (Lipinski definition) is 3. The first-order valence-electron chi connectivity index (χ1n) is 13.5. The van der Waals surface area contributed by atoms with E-state index in [2.05, 4.69) is 55.3 Å². The zero-order valence-corrected chi connectivity index (χ0v) is 22.5. The number of piperidine rings is 1. The molecule has 0 saturated carbocycles. The number of aromatic nitrogens is 2. The van der Waals surface area contributed by atoms with E-state index < -0.39 is 0 Å². The molecule has 0 spiro atoms. The minimum Gasteiger partial charge on any atom is -0.352 e. The Morgan fingerprint density at radius 1 is 1.08 bits per heavy atom. The Hall–Kier alpha value is -3.38. The van der Waals surface area contributed by atoms with Gasteiger partial charge in [-0.25, -0.2) is 0 Å². The number of carbonyl (C=O) groups is 1. The van der Waals surface area contributed by atoms with Crippen LogP contribution >= 0.6 is 0 Å². The van der Waals surface area contributed by atoms with Crippen LogP contribution in [0.1, 0.15) is 48.2 Å². The minimum absolute atomic E-state index is 0.0417. The summed E-state index contributed by atoms with van der Waals surface area (Å²) in [6, 6.07) is 16.7. The van der Waals surface area contributed by atoms with Gasteiger partial charge in [0, 0.05) is 49.2 Å². The van der Waals surface area contributed by atoms with Gasteiger partial charge in [0.2, 0.25) is 0 Å². The van der Waals surface area contributed by atoms with E-state index >= 15 is 0 Å². The molecule has 3 heterocycles. The number of nitrogens with zero attached hydrogens (tertiary/aromatic N) is 3. The van der Waals surface area contributed by atoms with Crippen molar-refractivity contribution in [2.75, 3.05) is 19.6 Å². The fourth-order valence-electron chi connectivity index (χ4n) is 5.78. The standard InChI is InChI=1S/C31H38N4O2/c1-21(2)18-35-20-26(28-25-10-5-6-11-27(25)33(4)29(28)31(35)37)30(36)32-17-23-12-14-34(15-13-23)19-24-9-7-8-22(3)16-24/h5-11,16,20-21,23H,12-15,17-19H2,1-4H3,(H,32,36). The number of amides is 1. The minimum atomic E-state index is -0.0963. The molecule has 0 atom stereocenters. The van der Waals surface area contributed by atoms with Gasteiger partial charge in [-0.1, -0.05) is 61.9 Å². The number of fused-ring (bicyclic) bond motifs is 3. The molecule has 1 aliphatic rings. The van der Waals surface area contributed by atoms with Gasteiger partial charge >= 0.3 is 0 Å². The van der Waals surface area contributed by atoms with Crippen LogP contribution < -0.4 is 10.9 Å². The second-order valence-corrected chi connectivity index (χ2v) is 11.1. The summed E-state index contributed by atoms with van der Waals surface area (Å²) >= 11 is 0. The molecule has 1 fully saturated rings. The van der Waals surface area contributed by atoms with Crippen LogP contribution in [0.2, 0.25) is 0 Å². The number of nitrogens with one attached hydrogen (secondary N) is 1. The summed E-state index contributed by atoms with van der Waals surface area (Å²) in [7, 11) is 1.91. The maximum atomic E-state index is 13.6. The maximum absolute atomic E-state index is 13.6. The first kappa shape index (κ1) is 25.3. The molecule has 1 amide bonds. The second kappa shape index (κ2) is 10.5. The monoisotopic (exact) mass is 498 g/mol. The molecule has 0 aliphatic carbocycles. The molecule has 194 valence electrons. The van der Waals surface area contributed by atoms with E-state index in [-0.39, 0.29) is 11.5 Å². The second-order valence-electron chi connectivity index (χ2n) is 11.1. The SMILES string of the molecule is Cc1cccc(CN2CCC(CNC(=O)c3cn(CC(C)C)c(=O)c4c3c3ccccc3n4C)CC2)c1. The lowest BCUT2D eigenvalue weighted by atomic mass is 9.96. The zero-order valence-electron chi connectivity index (χ0n) is 22.5. The van der Waals surface area contributed by atoms with E-state index in [0.29, 0.717) is 36.0 Å². The molecule has 0 unspecified atom stereocenters. The van der Waals surface area contributed by atoms with E-state index in [1.807, 2.05) is 35.9 Å². The van der Waals surface area contributed by atoms with Crippen LogP contribution in [-0.4, -0.2) is 39.6 Å². The topological polar surface area (TPSA) is 59.3 Å². The summed E-state index contributed by atoms with van der Waals surface area (Å²) in [5, 5.41) is 4.93. The molecular formula is C31H38N4O2. The summed E-state index contributed by atoms with van der Waals surface area (Å²) in [6.45, 7) is 10.6. The number of likely N-dealkylation sites (tertiary alicyclic amines) is 1. The predicted octanol–water partition coefficient (Wildman–Crippen LogP) is 5.10. The number of carbonyl (C=O) groups excluding carboxylic acids is 1. The normalized spacial score (nSPS) is 15.2. The van der Waals surface area contributed by atoms with Crippen molar-refractivity contribution in [2.45, 2.75) is 46.7 Å². The number of benzene rings is 2. The van der Waals surface area contributed by atoms with Gasteiger partial charge in [-0.2, -0.15) is 0 Å². The summed E-state index contributed by atoms with van der Waals surface area (Å²) in [5.74, 6) is 0.661. The van der Waals surface area contributed by atoms with Crippen molar-refractivity contribution in [1.82, 2.24) is 19.4 Å². The third-order valence-electron chi connectivity index (χ3n) is 7.68. The molecule has 1 N–H and O–H groups in total. The van der Waals surface area contributed by atoms with Crippen LogP contribution in [-0.2, 0) is 20.1 Å². The number of rotatable bonds is 7. The molecule has 0 bridgehead atoms. The quantitative estimate of drug-likeness (QED) is 0.386. The van der Waals surface area contributed by atoms with Gasteiger partial charge in [0.25, 0.3) is 11.5 Å². The highest BCUT2D eigenvalue weighted by atomic mass is 16.2. The van der Waals surface area contributed by atoms with Crippen molar-refractivity contribution in [1.29, 1.82) is 0 Å². The number of para-hydroxylation sites is 1. The predicted molar refractivity (Wildman–Crippen MR) is 151 cm³/mol. The lowest BCUT2D eigenvalue weighted by Crippen LogP contribution is -2.38. The molecule has 1 aliphatic heterocycles.